The number of nitro groups is 1. The normalized spacial score (nSPS) is 12.0. The molecule has 0 saturated carbocycles. The van der Waals surface area contributed by atoms with Crippen LogP contribution in [0.5, 0.6) is 0 Å². The number of carboxylic acids is 1. The molecular weight excluding hydrogens is 328 g/mol. The zero-order valence-electron chi connectivity index (χ0n) is 13.7. The lowest BCUT2D eigenvalue weighted by Gasteiger charge is -2.15. The Morgan fingerprint density at radius 3 is 2.60 bits per heavy atom. The predicted octanol–water partition coefficient (Wildman–Crippen LogP) is 2.01. The van der Waals surface area contributed by atoms with Crippen molar-refractivity contribution in [3.63, 3.8) is 0 Å². The molecule has 25 heavy (non-hydrogen) atoms. The average Bonchev–Trinajstić information content (AvgIpc) is 3.03. The van der Waals surface area contributed by atoms with E-state index in [4.69, 9.17) is 0 Å². The molecule has 1 heterocycles. The zero-order valence-corrected chi connectivity index (χ0v) is 13.7. The fourth-order valence-corrected chi connectivity index (χ4v) is 2.32. The SMILES string of the molecule is CC(C)C[C@@H](NC(=O)c1ccn(-c2ccccc2[N+](=O)[O-])n1)C(=O)O. The van der Waals surface area contributed by atoms with Gasteiger partial charge in [0.05, 0.1) is 4.92 Å². The van der Waals surface area contributed by atoms with Crippen LogP contribution in [-0.2, 0) is 4.79 Å². The summed E-state index contributed by atoms with van der Waals surface area (Å²) in [5.74, 6) is -1.68. The van der Waals surface area contributed by atoms with Crippen LogP contribution in [0.4, 0.5) is 5.69 Å². The van der Waals surface area contributed by atoms with E-state index in [1.54, 1.807) is 6.07 Å². The zero-order chi connectivity index (χ0) is 18.6. The number of benzene rings is 1. The third-order valence-electron chi connectivity index (χ3n) is 3.46. The van der Waals surface area contributed by atoms with Crippen LogP contribution in [0.1, 0.15) is 30.8 Å². The predicted molar refractivity (Wildman–Crippen MR) is 88.6 cm³/mol. The molecule has 2 rings (SSSR count). The first-order valence-corrected chi connectivity index (χ1v) is 7.62. The number of hydrogen-bond acceptors (Lipinski definition) is 5. The second kappa shape index (κ2) is 7.56. The van der Waals surface area contributed by atoms with Gasteiger partial charge < -0.3 is 10.4 Å². The first-order valence-electron chi connectivity index (χ1n) is 7.62. The van der Waals surface area contributed by atoms with Gasteiger partial charge >= 0.3 is 5.97 Å². The highest BCUT2D eigenvalue weighted by atomic mass is 16.6. The monoisotopic (exact) mass is 346 g/mol. The Balaban J connectivity index is 2.22. The lowest BCUT2D eigenvalue weighted by atomic mass is 10.0. The number of aromatic nitrogens is 2. The van der Waals surface area contributed by atoms with Crippen LogP contribution in [0.3, 0.4) is 0 Å². The molecule has 9 nitrogen and oxygen atoms in total. The van der Waals surface area contributed by atoms with Crippen LogP contribution in [0.15, 0.2) is 36.5 Å². The molecule has 1 aromatic carbocycles. The minimum absolute atomic E-state index is 0.0202. The van der Waals surface area contributed by atoms with Gasteiger partial charge in [0.25, 0.3) is 11.6 Å². The first-order chi connectivity index (χ1) is 11.8. The Kier molecular flexibility index (Phi) is 5.48. The summed E-state index contributed by atoms with van der Waals surface area (Å²) >= 11 is 0. The Labute approximate surface area is 143 Å². The van der Waals surface area contributed by atoms with Crippen LogP contribution >= 0.6 is 0 Å². The van der Waals surface area contributed by atoms with E-state index in [1.165, 1.54) is 35.1 Å². The van der Waals surface area contributed by atoms with E-state index in [1.807, 2.05) is 13.8 Å². The number of hydrogen-bond donors (Lipinski definition) is 2. The third-order valence-corrected chi connectivity index (χ3v) is 3.46. The summed E-state index contributed by atoms with van der Waals surface area (Å²) in [6, 6.07) is 6.34. The number of carboxylic acid groups (broad SMARTS) is 1. The largest absolute Gasteiger partial charge is 0.480 e. The fraction of sp³-hybridized carbons (Fsp3) is 0.312. The van der Waals surface area contributed by atoms with Crippen molar-refractivity contribution in [2.45, 2.75) is 26.3 Å². The molecule has 132 valence electrons. The molecule has 1 aromatic heterocycles. The van der Waals surface area contributed by atoms with Gasteiger partial charge in [-0.2, -0.15) is 5.10 Å². The molecule has 0 radical (unpaired) electrons. The van der Waals surface area contributed by atoms with E-state index in [2.05, 4.69) is 10.4 Å². The van der Waals surface area contributed by atoms with Crippen molar-refractivity contribution >= 4 is 17.6 Å². The molecule has 0 aliphatic rings. The molecule has 2 N–H and O–H groups in total. The number of carbonyl (C=O) groups is 2. The highest BCUT2D eigenvalue weighted by molar-refractivity contribution is 5.94. The van der Waals surface area contributed by atoms with E-state index in [0.29, 0.717) is 0 Å². The summed E-state index contributed by atoms with van der Waals surface area (Å²) in [5.41, 5.74) is 0.0393. The number of aliphatic carboxylic acids is 1. The molecule has 0 spiro atoms. The van der Waals surface area contributed by atoms with Gasteiger partial charge in [-0.25, -0.2) is 9.48 Å². The topological polar surface area (TPSA) is 127 Å². The Bertz CT molecular complexity index is 799. The molecule has 9 heteroatoms. The second-order valence-corrected chi connectivity index (χ2v) is 5.89. The molecular formula is C16H18N4O5. The van der Waals surface area contributed by atoms with Gasteiger partial charge in [-0.15, -0.1) is 0 Å². The van der Waals surface area contributed by atoms with E-state index < -0.39 is 22.8 Å². The van der Waals surface area contributed by atoms with Crippen LogP contribution < -0.4 is 5.32 Å². The number of para-hydroxylation sites is 2. The van der Waals surface area contributed by atoms with Crippen molar-refractivity contribution in [1.29, 1.82) is 0 Å². The number of nitro benzene ring substituents is 1. The fourth-order valence-electron chi connectivity index (χ4n) is 2.32. The summed E-state index contributed by atoms with van der Waals surface area (Å²) in [7, 11) is 0. The van der Waals surface area contributed by atoms with Crippen molar-refractivity contribution in [1.82, 2.24) is 15.1 Å². The maximum atomic E-state index is 12.2. The maximum absolute atomic E-state index is 12.2. The van der Waals surface area contributed by atoms with Crippen LogP contribution in [0, 0.1) is 16.0 Å². The minimum Gasteiger partial charge on any atom is -0.480 e. The second-order valence-electron chi connectivity index (χ2n) is 5.89. The minimum atomic E-state index is -1.12. The quantitative estimate of drug-likeness (QED) is 0.583. The molecule has 0 unspecified atom stereocenters. The van der Waals surface area contributed by atoms with Crippen molar-refractivity contribution in [3.05, 3.63) is 52.3 Å². The molecule has 0 saturated heterocycles. The van der Waals surface area contributed by atoms with Crippen molar-refractivity contribution in [2.75, 3.05) is 0 Å². The number of amides is 1. The summed E-state index contributed by atoms with van der Waals surface area (Å²) in [5, 5.41) is 26.7. The smallest absolute Gasteiger partial charge is 0.326 e. The van der Waals surface area contributed by atoms with Gasteiger partial charge in [0.15, 0.2) is 5.69 Å². The average molecular weight is 346 g/mol. The highest BCUT2D eigenvalue weighted by Gasteiger charge is 2.23. The van der Waals surface area contributed by atoms with Gasteiger partial charge in [-0.3, -0.25) is 14.9 Å². The summed E-state index contributed by atoms with van der Waals surface area (Å²) in [4.78, 5) is 34.0. The van der Waals surface area contributed by atoms with E-state index in [-0.39, 0.29) is 29.4 Å². The Morgan fingerprint density at radius 2 is 2.00 bits per heavy atom. The Hall–Kier alpha value is -3.23. The molecule has 0 bridgehead atoms. The molecule has 1 atom stereocenters. The van der Waals surface area contributed by atoms with E-state index >= 15 is 0 Å². The van der Waals surface area contributed by atoms with Crippen LogP contribution in [0.2, 0.25) is 0 Å². The summed E-state index contributed by atoms with van der Waals surface area (Å²) in [6.45, 7) is 3.71. The van der Waals surface area contributed by atoms with E-state index in [9.17, 15) is 24.8 Å². The van der Waals surface area contributed by atoms with Gasteiger partial charge in [0, 0.05) is 12.3 Å². The number of carbonyl (C=O) groups excluding carboxylic acids is 1. The van der Waals surface area contributed by atoms with Crippen LogP contribution in [0.25, 0.3) is 5.69 Å². The van der Waals surface area contributed by atoms with Crippen LogP contribution in [-0.4, -0.2) is 37.7 Å². The molecule has 0 aliphatic carbocycles. The lowest BCUT2D eigenvalue weighted by molar-refractivity contribution is -0.384. The Morgan fingerprint density at radius 1 is 1.32 bits per heavy atom. The standard InChI is InChI=1S/C16H18N4O5/c1-10(2)9-12(16(22)23)17-15(21)11-7-8-19(18-11)13-5-3-4-6-14(13)20(24)25/h3-8,10,12H,9H2,1-2H3,(H,17,21)(H,22,23)/t12-/m1/s1. The molecule has 1 amide bonds. The highest BCUT2D eigenvalue weighted by Crippen LogP contribution is 2.21. The van der Waals surface area contributed by atoms with Crippen molar-refractivity contribution in [2.24, 2.45) is 5.92 Å². The van der Waals surface area contributed by atoms with Gasteiger partial charge in [-0.05, 0) is 24.5 Å². The number of nitrogens with one attached hydrogen (secondary N) is 1. The van der Waals surface area contributed by atoms with Gasteiger partial charge in [0.2, 0.25) is 0 Å². The van der Waals surface area contributed by atoms with Gasteiger partial charge in [0.1, 0.15) is 11.7 Å². The van der Waals surface area contributed by atoms with Crippen molar-refractivity contribution in [3.8, 4) is 5.69 Å². The number of rotatable bonds is 7. The molecule has 0 aliphatic heterocycles. The molecule has 0 fully saturated rings. The molecule has 2 aromatic rings. The third kappa shape index (κ3) is 4.40. The van der Waals surface area contributed by atoms with E-state index in [0.717, 1.165) is 0 Å². The summed E-state index contributed by atoms with van der Waals surface area (Å²) in [6.07, 6.45) is 1.70. The first kappa shape index (κ1) is 18.1. The number of nitrogens with zero attached hydrogens (tertiary/aromatic N) is 3. The van der Waals surface area contributed by atoms with Crippen molar-refractivity contribution < 1.29 is 19.6 Å². The maximum Gasteiger partial charge on any atom is 0.326 e. The summed E-state index contributed by atoms with van der Waals surface area (Å²) < 4.78 is 1.21. The van der Waals surface area contributed by atoms with Gasteiger partial charge in [-0.1, -0.05) is 26.0 Å². The lowest BCUT2D eigenvalue weighted by Crippen LogP contribution is -2.41.